The quantitative estimate of drug-likeness (QED) is 0.608. The van der Waals surface area contributed by atoms with Gasteiger partial charge in [0.1, 0.15) is 5.60 Å². The molecule has 0 aromatic heterocycles. The summed E-state index contributed by atoms with van der Waals surface area (Å²) in [6, 6.07) is 31.9. The van der Waals surface area contributed by atoms with Gasteiger partial charge in [-0.1, -0.05) is 91.0 Å². The Morgan fingerprint density at radius 2 is 1.34 bits per heavy atom. The molecule has 32 heavy (non-hydrogen) atoms. The summed E-state index contributed by atoms with van der Waals surface area (Å²) in [6.07, 6.45) is 2.41. The molecule has 2 saturated heterocycles. The fraction of sp³-hybridized carbons (Fsp3) is 0.379. The van der Waals surface area contributed by atoms with E-state index >= 15 is 0 Å². The van der Waals surface area contributed by atoms with Crippen molar-refractivity contribution in [3.8, 4) is 0 Å². The molecule has 166 valence electrons. The lowest BCUT2D eigenvalue weighted by Gasteiger charge is -2.37. The van der Waals surface area contributed by atoms with Crippen molar-refractivity contribution in [3.63, 3.8) is 0 Å². The molecule has 2 unspecified atom stereocenters. The number of β-amino-alcohol motifs (C(OH)–C–C–N with tert-alkyl or cyclic N) is 1. The third-order valence-electron chi connectivity index (χ3n) is 7.48. The van der Waals surface area contributed by atoms with Crippen LogP contribution < -0.4 is 0 Å². The van der Waals surface area contributed by atoms with E-state index < -0.39 is 5.60 Å². The number of hydrogen-bond acceptors (Lipinski definition) is 3. The number of aliphatic hydroxyl groups is 1. The van der Waals surface area contributed by atoms with Gasteiger partial charge < -0.3 is 10.0 Å². The summed E-state index contributed by atoms with van der Waals surface area (Å²) in [6.45, 7) is 5.69. The lowest BCUT2D eigenvalue weighted by Crippen LogP contribution is -2.44. The van der Waals surface area contributed by atoms with Gasteiger partial charge in [-0.2, -0.15) is 0 Å². The van der Waals surface area contributed by atoms with Crippen LogP contribution in [0.3, 0.4) is 0 Å². The second-order valence-corrected chi connectivity index (χ2v) is 9.63. The van der Waals surface area contributed by atoms with E-state index in [1.807, 2.05) is 6.07 Å². The van der Waals surface area contributed by atoms with Gasteiger partial charge >= 0.3 is 0 Å². The SMILES string of the molecule is OC1(c2ccccc2)CN(Cc2ccccc2)CC1CN1CCC(c2ccccc2)CC1. The molecule has 0 aliphatic carbocycles. The third kappa shape index (κ3) is 4.66. The largest absolute Gasteiger partial charge is 0.383 e. The van der Waals surface area contributed by atoms with Gasteiger partial charge in [0.05, 0.1) is 0 Å². The van der Waals surface area contributed by atoms with Gasteiger partial charge in [0.25, 0.3) is 0 Å². The fourth-order valence-electron chi connectivity index (χ4n) is 5.71. The highest BCUT2D eigenvalue weighted by Gasteiger charge is 2.47. The van der Waals surface area contributed by atoms with Crippen LogP contribution in [0.5, 0.6) is 0 Å². The standard InChI is InChI=1S/C29H34N2O/c32-29(27-14-8-3-9-15-27)23-31(20-24-10-4-1-5-11-24)22-28(29)21-30-18-16-26(17-19-30)25-12-6-2-7-13-25/h1-15,26,28,32H,16-23H2. The normalized spacial score (nSPS) is 25.2. The average Bonchev–Trinajstić information content (AvgIpc) is 3.17. The molecule has 0 amide bonds. The second kappa shape index (κ2) is 9.58. The van der Waals surface area contributed by atoms with E-state index in [1.165, 1.54) is 24.0 Å². The van der Waals surface area contributed by atoms with Crippen molar-refractivity contribution < 1.29 is 5.11 Å². The molecule has 2 aliphatic rings. The minimum atomic E-state index is -0.799. The van der Waals surface area contributed by atoms with Crippen LogP contribution in [0, 0.1) is 5.92 Å². The lowest BCUT2D eigenvalue weighted by atomic mass is 9.83. The van der Waals surface area contributed by atoms with E-state index in [0.29, 0.717) is 12.5 Å². The molecule has 0 radical (unpaired) electrons. The van der Waals surface area contributed by atoms with Crippen molar-refractivity contribution in [1.29, 1.82) is 0 Å². The van der Waals surface area contributed by atoms with Crippen LogP contribution in [-0.4, -0.2) is 47.6 Å². The number of piperidine rings is 1. The predicted octanol–water partition coefficient (Wildman–Crippen LogP) is 4.89. The van der Waals surface area contributed by atoms with Crippen LogP contribution in [0.4, 0.5) is 0 Å². The molecule has 3 heteroatoms. The van der Waals surface area contributed by atoms with Gasteiger partial charge in [-0.25, -0.2) is 0 Å². The smallest absolute Gasteiger partial charge is 0.107 e. The summed E-state index contributed by atoms with van der Waals surface area (Å²) < 4.78 is 0. The van der Waals surface area contributed by atoms with Crippen LogP contribution in [0.1, 0.15) is 35.4 Å². The molecule has 2 aliphatic heterocycles. The van der Waals surface area contributed by atoms with E-state index in [1.54, 1.807) is 0 Å². The summed E-state index contributed by atoms with van der Waals surface area (Å²) in [4.78, 5) is 5.02. The zero-order chi connectivity index (χ0) is 21.8. The van der Waals surface area contributed by atoms with Crippen molar-refractivity contribution >= 4 is 0 Å². The summed E-state index contributed by atoms with van der Waals surface area (Å²) in [7, 11) is 0. The maximum absolute atomic E-state index is 12.0. The Kier molecular flexibility index (Phi) is 6.40. The van der Waals surface area contributed by atoms with Gasteiger partial charge in [-0.3, -0.25) is 4.90 Å². The first-order valence-electron chi connectivity index (χ1n) is 12.0. The van der Waals surface area contributed by atoms with Gasteiger partial charge in [0.2, 0.25) is 0 Å². The van der Waals surface area contributed by atoms with Crippen molar-refractivity contribution in [2.75, 3.05) is 32.7 Å². The Hall–Kier alpha value is -2.46. The minimum absolute atomic E-state index is 0.210. The first-order valence-corrected chi connectivity index (χ1v) is 12.0. The Morgan fingerprint density at radius 3 is 2.00 bits per heavy atom. The van der Waals surface area contributed by atoms with E-state index in [9.17, 15) is 5.11 Å². The van der Waals surface area contributed by atoms with Crippen LogP contribution in [-0.2, 0) is 12.1 Å². The van der Waals surface area contributed by atoms with Crippen molar-refractivity contribution in [2.45, 2.75) is 30.9 Å². The zero-order valence-electron chi connectivity index (χ0n) is 18.8. The Balaban J connectivity index is 1.28. The molecule has 5 rings (SSSR count). The number of nitrogens with zero attached hydrogens (tertiary/aromatic N) is 2. The van der Waals surface area contributed by atoms with E-state index in [-0.39, 0.29) is 5.92 Å². The highest BCUT2D eigenvalue weighted by atomic mass is 16.3. The molecule has 3 aromatic carbocycles. The van der Waals surface area contributed by atoms with Crippen molar-refractivity contribution in [2.24, 2.45) is 5.92 Å². The Bertz CT molecular complexity index is 970. The third-order valence-corrected chi connectivity index (χ3v) is 7.48. The zero-order valence-corrected chi connectivity index (χ0v) is 18.8. The molecule has 3 aromatic rings. The average molecular weight is 427 g/mol. The van der Waals surface area contributed by atoms with Gasteiger partial charge in [-0.15, -0.1) is 0 Å². The number of benzene rings is 3. The minimum Gasteiger partial charge on any atom is -0.383 e. The molecule has 0 saturated carbocycles. The summed E-state index contributed by atoms with van der Waals surface area (Å²) >= 11 is 0. The Morgan fingerprint density at radius 1 is 0.750 bits per heavy atom. The van der Waals surface area contributed by atoms with Crippen molar-refractivity contribution in [3.05, 3.63) is 108 Å². The molecule has 2 heterocycles. The van der Waals surface area contributed by atoms with E-state index in [4.69, 9.17) is 0 Å². The van der Waals surface area contributed by atoms with Crippen LogP contribution >= 0.6 is 0 Å². The van der Waals surface area contributed by atoms with Gasteiger partial charge in [0, 0.05) is 32.1 Å². The van der Waals surface area contributed by atoms with E-state index in [0.717, 1.165) is 38.3 Å². The predicted molar refractivity (Wildman–Crippen MR) is 130 cm³/mol. The monoisotopic (exact) mass is 426 g/mol. The highest BCUT2D eigenvalue weighted by Crippen LogP contribution is 2.39. The van der Waals surface area contributed by atoms with Crippen molar-refractivity contribution in [1.82, 2.24) is 9.80 Å². The number of rotatable bonds is 6. The molecule has 0 bridgehead atoms. The molecule has 2 fully saturated rings. The maximum atomic E-state index is 12.0. The Labute approximate surface area is 192 Å². The fourth-order valence-corrected chi connectivity index (χ4v) is 5.71. The maximum Gasteiger partial charge on any atom is 0.107 e. The second-order valence-electron chi connectivity index (χ2n) is 9.63. The molecule has 0 spiro atoms. The van der Waals surface area contributed by atoms with Gasteiger partial charge in [0.15, 0.2) is 0 Å². The van der Waals surface area contributed by atoms with E-state index in [2.05, 4.69) is 94.7 Å². The number of hydrogen-bond donors (Lipinski definition) is 1. The highest BCUT2D eigenvalue weighted by molar-refractivity contribution is 5.27. The first kappa shape index (κ1) is 21.4. The lowest BCUT2D eigenvalue weighted by molar-refractivity contribution is -0.00789. The number of likely N-dealkylation sites (tertiary alicyclic amines) is 2. The molecule has 1 N–H and O–H groups in total. The van der Waals surface area contributed by atoms with Gasteiger partial charge in [-0.05, 0) is 48.5 Å². The topological polar surface area (TPSA) is 26.7 Å². The first-order chi connectivity index (χ1) is 15.7. The van der Waals surface area contributed by atoms with Crippen LogP contribution in [0.15, 0.2) is 91.0 Å². The molecule has 3 nitrogen and oxygen atoms in total. The molecular formula is C29H34N2O. The summed E-state index contributed by atoms with van der Waals surface area (Å²) in [5, 5.41) is 12.0. The molecule has 2 atom stereocenters. The summed E-state index contributed by atoms with van der Waals surface area (Å²) in [5.74, 6) is 0.875. The van der Waals surface area contributed by atoms with Crippen LogP contribution in [0.25, 0.3) is 0 Å². The molecular weight excluding hydrogens is 392 g/mol. The van der Waals surface area contributed by atoms with Crippen LogP contribution in [0.2, 0.25) is 0 Å². The summed E-state index contributed by atoms with van der Waals surface area (Å²) in [5.41, 5.74) is 3.04.